The van der Waals surface area contributed by atoms with Crippen molar-refractivity contribution in [3.05, 3.63) is 0 Å². The molecule has 0 saturated heterocycles. The molecule has 1 unspecified atom stereocenters. The maximum atomic E-state index is 11.6. The predicted octanol–water partition coefficient (Wildman–Crippen LogP) is 0.580. The van der Waals surface area contributed by atoms with Crippen LogP contribution in [0.5, 0.6) is 0 Å². The molecule has 4 heteroatoms. The van der Waals surface area contributed by atoms with Gasteiger partial charge >= 0.3 is 0 Å². The van der Waals surface area contributed by atoms with Crippen LogP contribution in [0.2, 0.25) is 0 Å². The van der Waals surface area contributed by atoms with Gasteiger partial charge in [-0.2, -0.15) is 5.10 Å². The Hall–Kier alpha value is -0.900. The van der Waals surface area contributed by atoms with Crippen molar-refractivity contribution in [2.75, 3.05) is 13.6 Å². The topological polar surface area (TPSA) is 58.7 Å². The van der Waals surface area contributed by atoms with Crippen LogP contribution in [-0.4, -0.2) is 30.2 Å². The van der Waals surface area contributed by atoms with Crippen molar-refractivity contribution in [1.29, 1.82) is 0 Å². The second-order valence-electron chi connectivity index (χ2n) is 3.29. The maximum Gasteiger partial charge on any atom is 0.251 e. The zero-order valence-electron chi connectivity index (χ0n) is 8.29. The minimum atomic E-state index is -0.00134. The third-order valence-electron chi connectivity index (χ3n) is 2.36. The Bertz CT molecular complexity index is 225. The number of carbonyl (C=O) groups is 1. The third kappa shape index (κ3) is 2.06. The summed E-state index contributed by atoms with van der Waals surface area (Å²) in [7, 11) is 1.71. The molecule has 0 saturated carbocycles. The summed E-state index contributed by atoms with van der Waals surface area (Å²) in [5, 5.41) is 5.63. The lowest BCUT2D eigenvalue weighted by atomic mass is 9.96. The molecule has 1 heterocycles. The molecule has 1 aliphatic rings. The van der Waals surface area contributed by atoms with Crippen molar-refractivity contribution in [1.82, 2.24) is 5.01 Å². The number of hydrazone groups is 1. The lowest BCUT2D eigenvalue weighted by Gasteiger charge is -2.09. The molecule has 0 aromatic rings. The minimum Gasteiger partial charge on any atom is -0.330 e. The summed E-state index contributed by atoms with van der Waals surface area (Å²) in [5.41, 5.74) is 6.41. The Kier molecular flexibility index (Phi) is 3.42. The van der Waals surface area contributed by atoms with Crippen LogP contribution in [0, 0.1) is 5.92 Å². The highest BCUT2D eigenvalue weighted by Crippen LogP contribution is 2.20. The Labute approximate surface area is 78.8 Å². The minimum absolute atomic E-state index is 0.00134. The number of nitrogens with two attached hydrogens (primary N) is 1. The van der Waals surface area contributed by atoms with E-state index >= 15 is 0 Å². The first-order chi connectivity index (χ1) is 6.20. The summed E-state index contributed by atoms with van der Waals surface area (Å²) >= 11 is 0. The molecule has 2 N–H and O–H groups in total. The van der Waals surface area contributed by atoms with Crippen molar-refractivity contribution in [2.24, 2.45) is 16.8 Å². The van der Waals surface area contributed by atoms with Gasteiger partial charge in [-0.05, 0) is 25.8 Å². The van der Waals surface area contributed by atoms with E-state index in [2.05, 4.69) is 5.10 Å². The van der Waals surface area contributed by atoms with Crippen molar-refractivity contribution < 1.29 is 4.79 Å². The van der Waals surface area contributed by atoms with Gasteiger partial charge in [0, 0.05) is 7.05 Å². The van der Waals surface area contributed by atoms with Crippen LogP contribution in [0.3, 0.4) is 0 Å². The molecule has 0 aliphatic carbocycles. The third-order valence-corrected chi connectivity index (χ3v) is 2.36. The largest absolute Gasteiger partial charge is 0.330 e. The van der Waals surface area contributed by atoms with Gasteiger partial charge < -0.3 is 5.73 Å². The molecule has 1 amide bonds. The van der Waals surface area contributed by atoms with E-state index in [9.17, 15) is 4.79 Å². The van der Waals surface area contributed by atoms with Crippen LogP contribution in [0.4, 0.5) is 0 Å². The Morgan fingerprint density at radius 2 is 2.31 bits per heavy atom. The molecular formula is C9H17N3O. The van der Waals surface area contributed by atoms with E-state index < -0.39 is 0 Å². The van der Waals surface area contributed by atoms with E-state index in [4.69, 9.17) is 5.73 Å². The molecule has 0 radical (unpaired) electrons. The number of carbonyl (C=O) groups excluding carboxylic acids is 1. The lowest BCUT2D eigenvalue weighted by Crippen LogP contribution is -2.25. The highest BCUT2D eigenvalue weighted by Gasteiger charge is 2.31. The van der Waals surface area contributed by atoms with Gasteiger partial charge in [-0.15, -0.1) is 0 Å². The Morgan fingerprint density at radius 3 is 2.85 bits per heavy atom. The monoisotopic (exact) mass is 183 g/mol. The first-order valence-corrected chi connectivity index (χ1v) is 4.75. The number of rotatable bonds is 4. The summed E-state index contributed by atoms with van der Waals surface area (Å²) < 4.78 is 0. The van der Waals surface area contributed by atoms with Crippen molar-refractivity contribution in [2.45, 2.75) is 26.2 Å². The fourth-order valence-electron chi connectivity index (χ4n) is 1.61. The van der Waals surface area contributed by atoms with Crippen molar-refractivity contribution in [3.63, 3.8) is 0 Å². The summed E-state index contributed by atoms with van der Waals surface area (Å²) in [6.07, 6.45) is 2.58. The zero-order valence-corrected chi connectivity index (χ0v) is 8.29. The van der Waals surface area contributed by atoms with E-state index in [0.29, 0.717) is 6.54 Å². The van der Waals surface area contributed by atoms with Gasteiger partial charge in [0.25, 0.3) is 5.91 Å². The van der Waals surface area contributed by atoms with E-state index in [-0.39, 0.29) is 11.8 Å². The van der Waals surface area contributed by atoms with Gasteiger partial charge in [0.2, 0.25) is 0 Å². The van der Waals surface area contributed by atoms with Gasteiger partial charge in [-0.1, -0.05) is 6.92 Å². The average Bonchev–Trinajstić information content (AvgIpc) is 2.40. The lowest BCUT2D eigenvalue weighted by molar-refractivity contribution is -0.130. The summed E-state index contributed by atoms with van der Waals surface area (Å²) in [6, 6.07) is 0. The number of amides is 1. The molecule has 0 bridgehead atoms. The van der Waals surface area contributed by atoms with Crippen LogP contribution in [0.25, 0.3) is 0 Å². The Morgan fingerprint density at radius 1 is 1.62 bits per heavy atom. The van der Waals surface area contributed by atoms with E-state index in [0.717, 1.165) is 25.0 Å². The highest BCUT2D eigenvalue weighted by molar-refractivity contribution is 6.07. The molecule has 13 heavy (non-hydrogen) atoms. The molecule has 0 spiro atoms. The number of hydrogen-bond donors (Lipinski definition) is 1. The second-order valence-corrected chi connectivity index (χ2v) is 3.29. The highest BCUT2D eigenvalue weighted by atomic mass is 16.2. The van der Waals surface area contributed by atoms with E-state index in [1.165, 1.54) is 5.01 Å². The molecule has 74 valence electrons. The Balaban J connectivity index is 2.60. The summed E-state index contributed by atoms with van der Waals surface area (Å²) in [4.78, 5) is 11.6. The standard InChI is InChI=1S/C9H17N3O/c1-3-8-7(5-4-6-10)9(13)12(2)11-8/h7H,3-6,10H2,1-2H3. The fourth-order valence-corrected chi connectivity index (χ4v) is 1.61. The van der Waals surface area contributed by atoms with Crippen molar-refractivity contribution >= 4 is 11.6 Å². The van der Waals surface area contributed by atoms with Gasteiger partial charge in [-0.25, -0.2) is 5.01 Å². The van der Waals surface area contributed by atoms with Gasteiger partial charge in [0.05, 0.1) is 11.6 Å². The molecule has 0 aromatic heterocycles. The summed E-state index contributed by atoms with van der Waals surface area (Å²) in [6.45, 7) is 2.67. The number of hydrogen-bond acceptors (Lipinski definition) is 3. The van der Waals surface area contributed by atoms with Gasteiger partial charge in [0.15, 0.2) is 0 Å². The normalized spacial score (nSPS) is 22.4. The molecule has 1 aliphatic heterocycles. The molecular weight excluding hydrogens is 166 g/mol. The smallest absolute Gasteiger partial charge is 0.251 e. The molecule has 1 atom stereocenters. The van der Waals surface area contributed by atoms with Crippen LogP contribution < -0.4 is 5.73 Å². The zero-order chi connectivity index (χ0) is 9.84. The van der Waals surface area contributed by atoms with Crippen LogP contribution in [0.1, 0.15) is 26.2 Å². The second kappa shape index (κ2) is 4.37. The predicted molar refractivity (Wildman–Crippen MR) is 52.3 cm³/mol. The van der Waals surface area contributed by atoms with Crippen LogP contribution in [0.15, 0.2) is 5.10 Å². The van der Waals surface area contributed by atoms with Gasteiger partial charge in [0.1, 0.15) is 0 Å². The molecule has 0 aromatic carbocycles. The van der Waals surface area contributed by atoms with Crippen LogP contribution in [-0.2, 0) is 4.79 Å². The first-order valence-electron chi connectivity index (χ1n) is 4.75. The average molecular weight is 183 g/mol. The first kappa shape index (κ1) is 10.2. The number of nitrogens with zero attached hydrogens (tertiary/aromatic N) is 2. The van der Waals surface area contributed by atoms with E-state index in [1.54, 1.807) is 7.05 Å². The van der Waals surface area contributed by atoms with E-state index in [1.807, 2.05) is 6.92 Å². The molecule has 1 rings (SSSR count). The molecule has 4 nitrogen and oxygen atoms in total. The van der Waals surface area contributed by atoms with Crippen LogP contribution >= 0.6 is 0 Å². The van der Waals surface area contributed by atoms with Crippen molar-refractivity contribution in [3.8, 4) is 0 Å². The summed E-state index contributed by atoms with van der Waals surface area (Å²) in [5.74, 6) is 0.115. The fraction of sp³-hybridized carbons (Fsp3) is 0.778. The molecule has 0 fully saturated rings. The SMILES string of the molecule is CCC1=NN(C)C(=O)C1CCCN. The maximum absolute atomic E-state index is 11.6. The van der Waals surface area contributed by atoms with Gasteiger partial charge in [-0.3, -0.25) is 4.79 Å². The quantitative estimate of drug-likeness (QED) is 0.693.